The molecule has 4 rings (SSSR count). The number of rotatable bonds is 10. The number of carbonyl (C=O) groups is 4. The van der Waals surface area contributed by atoms with E-state index < -0.39 is 60.7 Å². The van der Waals surface area contributed by atoms with Crippen LogP contribution in [0.25, 0.3) is 0 Å². The summed E-state index contributed by atoms with van der Waals surface area (Å²) in [6.07, 6.45) is -2.67. The van der Waals surface area contributed by atoms with Crippen LogP contribution in [0.5, 0.6) is 0 Å². The van der Waals surface area contributed by atoms with E-state index in [0.717, 1.165) is 26.3 Å². The summed E-state index contributed by atoms with van der Waals surface area (Å²) >= 11 is 0. The third kappa shape index (κ3) is 7.39. The number of carbonyl (C=O) groups excluding carboxylic acids is 4. The number of nitriles is 1. The highest BCUT2D eigenvalue weighted by atomic mass is 16.7. The molecular weight excluding hydrogens is 558 g/mol. The molecule has 0 unspecified atom stereocenters. The van der Waals surface area contributed by atoms with Crippen molar-refractivity contribution in [1.29, 1.82) is 5.26 Å². The summed E-state index contributed by atoms with van der Waals surface area (Å²) in [5, 5.41) is 9.90. The van der Waals surface area contributed by atoms with Crippen LogP contribution in [0.3, 0.4) is 0 Å². The second kappa shape index (κ2) is 13.4. The number of hydrogen-bond acceptors (Lipinski definition) is 11. The van der Waals surface area contributed by atoms with Gasteiger partial charge in [0.25, 0.3) is 0 Å². The highest BCUT2D eigenvalue weighted by Crippen LogP contribution is 2.44. The van der Waals surface area contributed by atoms with Crippen molar-refractivity contribution < 1.29 is 47.6 Å². The van der Waals surface area contributed by atoms with Gasteiger partial charge in [-0.05, 0) is 54.0 Å². The van der Waals surface area contributed by atoms with Crippen molar-refractivity contribution in [3.63, 3.8) is 0 Å². The first kappa shape index (κ1) is 31.7. The first-order valence-corrected chi connectivity index (χ1v) is 14.0. The smallest absolute Gasteiger partial charge is 0.303 e. The van der Waals surface area contributed by atoms with Crippen molar-refractivity contribution >= 4 is 23.9 Å². The van der Waals surface area contributed by atoms with E-state index in [-0.39, 0.29) is 0 Å². The van der Waals surface area contributed by atoms with Crippen LogP contribution in [0, 0.1) is 11.3 Å². The Balaban J connectivity index is 1.83. The molecule has 11 nitrogen and oxygen atoms in total. The molecule has 0 aromatic heterocycles. The Labute approximate surface area is 249 Å². The maximum absolute atomic E-state index is 12.4. The van der Waals surface area contributed by atoms with Crippen molar-refractivity contribution in [2.24, 2.45) is 0 Å². The van der Waals surface area contributed by atoms with E-state index in [2.05, 4.69) is 18.2 Å². The Morgan fingerprint density at radius 1 is 0.884 bits per heavy atom. The van der Waals surface area contributed by atoms with Gasteiger partial charge in [-0.3, -0.25) is 19.2 Å². The molecule has 43 heavy (non-hydrogen) atoms. The van der Waals surface area contributed by atoms with Crippen LogP contribution in [0.1, 0.15) is 74.3 Å². The predicted molar refractivity (Wildman–Crippen MR) is 149 cm³/mol. The van der Waals surface area contributed by atoms with Gasteiger partial charge >= 0.3 is 23.9 Å². The van der Waals surface area contributed by atoms with Gasteiger partial charge in [-0.15, -0.1) is 0 Å². The summed E-state index contributed by atoms with van der Waals surface area (Å²) in [5.41, 5.74) is 3.64. The summed E-state index contributed by atoms with van der Waals surface area (Å²) in [5.74, 6) is -4.21. The molecule has 5 atom stereocenters. The molecule has 1 aliphatic carbocycles. The van der Waals surface area contributed by atoms with Crippen LogP contribution in [0.15, 0.2) is 42.5 Å². The van der Waals surface area contributed by atoms with Crippen molar-refractivity contribution in [2.45, 2.75) is 83.1 Å². The molecule has 228 valence electrons. The Hall–Kier alpha value is -4.27. The fourth-order valence-corrected chi connectivity index (χ4v) is 5.39. The summed E-state index contributed by atoms with van der Waals surface area (Å²) in [6, 6.07) is 15.3. The monoisotopic (exact) mass is 593 g/mol. The van der Waals surface area contributed by atoms with Gasteiger partial charge in [-0.1, -0.05) is 30.3 Å². The van der Waals surface area contributed by atoms with E-state index in [1.165, 1.54) is 32.4 Å². The standard InChI is InChI=1S/C32H35NO10/c1-18(34)39-17-28-29(40-19(2)35)30(41-20(3)36)31(42-21(4)37)32(38-5,43-28)27-13-12-25(16-33)26(15-27)14-22-6-8-23(9-7-22)24-10-11-24/h6-9,12-13,15,24,28-31H,10-11,14,17H2,1-5H3/t28-,29-,30+,31-,32+/m1/s1. The molecule has 0 radical (unpaired) electrons. The van der Waals surface area contributed by atoms with E-state index in [9.17, 15) is 24.4 Å². The second-order valence-electron chi connectivity index (χ2n) is 10.7. The van der Waals surface area contributed by atoms with Gasteiger partial charge in [0.2, 0.25) is 11.9 Å². The van der Waals surface area contributed by atoms with Crippen molar-refractivity contribution in [3.8, 4) is 6.07 Å². The first-order valence-electron chi connectivity index (χ1n) is 14.0. The highest BCUT2D eigenvalue weighted by molar-refractivity contribution is 5.69. The fraction of sp³-hybridized carbons (Fsp3) is 0.469. The van der Waals surface area contributed by atoms with Crippen LogP contribution in [0.2, 0.25) is 0 Å². The van der Waals surface area contributed by atoms with Gasteiger partial charge in [0.15, 0.2) is 12.2 Å². The van der Waals surface area contributed by atoms with Gasteiger partial charge in [0, 0.05) is 40.4 Å². The minimum Gasteiger partial charge on any atom is -0.463 e. The molecule has 1 heterocycles. The minimum absolute atomic E-state index is 0.330. The molecule has 0 spiro atoms. The minimum atomic E-state index is -1.94. The average Bonchev–Trinajstić information content (AvgIpc) is 3.80. The lowest BCUT2D eigenvalue weighted by atomic mass is 9.85. The van der Waals surface area contributed by atoms with Crippen LogP contribution >= 0.6 is 0 Å². The lowest BCUT2D eigenvalue weighted by molar-refractivity contribution is -0.367. The van der Waals surface area contributed by atoms with E-state index in [4.69, 9.17) is 28.4 Å². The van der Waals surface area contributed by atoms with Crippen LogP contribution < -0.4 is 0 Å². The van der Waals surface area contributed by atoms with E-state index >= 15 is 0 Å². The maximum atomic E-state index is 12.4. The Kier molecular flexibility index (Phi) is 9.84. The topological polar surface area (TPSA) is 147 Å². The van der Waals surface area contributed by atoms with E-state index in [0.29, 0.717) is 29.0 Å². The molecule has 1 aliphatic heterocycles. The van der Waals surface area contributed by atoms with Crippen molar-refractivity contribution in [3.05, 3.63) is 70.3 Å². The summed E-state index contributed by atoms with van der Waals surface area (Å²) in [7, 11) is 1.31. The lowest BCUT2D eigenvalue weighted by Crippen LogP contribution is -2.67. The van der Waals surface area contributed by atoms with E-state index in [1.807, 2.05) is 12.1 Å². The molecule has 0 N–H and O–H groups in total. The number of nitrogens with zero attached hydrogens (tertiary/aromatic N) is 1. The number of hydrogen-bond donors (Lipinski definition) is 0. The van der Waals surface area contributed by atoms with E-state index in [1.54, 1.807) is 18.2 Å². The quantitative estimate of drug-likeness (QED) is 0.294. The van der Waals surface area contributed by atoms with Gasteiger partial charge in [-0.2, -0.15) is 5.26 Å². The Bertz CT molecular complexity index is 1410. The molecule has 2 fully saturated rings. The molecule has 2 aromatic carbocycles. The number of esters is 4. The zero-order valence-corrected chi connectivity index (χ0v) is 24.8. The molecule has 11 heteroatoms. The molecule has 2 aromatic rings. The molecule has 1 saturated heterocycles. The molecular formula is C32H35NO10. The molecule has 2 aliphatic rings. The largest absolute Gasteiger partial charge is 0.463 e. The maximum Gasteiger partial charge on any atom is 0.303 e. The fourth-order valence-electron chi connectivity index (χ4n) is 5.39. The Morgan fingerprint density at radius 2 is 1.51 bits per heavy atom. The van der Waals surface area contributed by atoms with Crippen LogP contribution in [-0.4, -0.2) is 62.0 Å². The highest BCUT2D eigenvalue weighted by Gasteiger charge is 2.61. The number of methoxy groups -OCH3 is 1. The zero-order chi connectivity index (χ0) is 31.3. The first-order chi connectivity index (χ1) is 20.5. The van der Waals surface area contributed by atoms with Gasteiger partial charge < -0.3 is 28.4 Å². The van der Waals surface area contributed by atoms with Gasteiger partial charge in [0.1, 0.15) is 12.7 Å². The second-order valence-corrected chi connectivity index (χ2v) is 10.7. The third-order valence-electron chi connectivity index (χ3n) is 7.39. The average molecular weight is 594 g/mol. The number of benzene rings is 2. The van der Waals surface area contributed by atoms with Crippen LogP contribution in [-0.2, 0) is 59.8 Å². The molecule has 0 amide bonds. The normalized spacial score (nSPS) is 24.7. The SMILES string of the molecule is CO[C@@]1(c2ccc(C#N)c(Cc3ccc(C4CC4)cc3)c2)O[C@H](COC(C)=O)[C@@H](OC(C)=O)[C@H](OC(C)=O)[C@H]1OC(C)=O. The summed E-state index contributed by atoms with van der Waals surface area (Å²) < 4.78 is 34.3. The number of ether oxygens (including phenoxy) is 6. The van der Waals surface area contributed by atoms with Crippen molar-refractivity contribution in [1.82, 2.24) is 0 Å². The van der Waals surface area contributed by atoms with Crippen molar-refractivity contribution in [2.75, 3.05) is 13.7 Å². The third-order valence-corrected chi connectivity index (χ3v) is 7.39. The lowest BCUT2D eigenvalue weighted by Gasteiger charge is -2.50. The predicted octanol–water partition coefficient (Wildman–Crippen LogP) is 3.58. The zero-order valence-electron chi connectivity index (χ0n) is 24.8. The van der Waals surface area contributed by atoms with Gasteiger partial charge in [-0.25, -0.2) is 0 Å². The van der Waals surface area contributed by atoms with Gasteiger partial charge in [0.05, 0.1) is 11.6 Å². The summed E-state index contributed by atoms with van der Waals surface area (Å²) in [4.78, 5) is 48.5. The van der Waals surface area contributed by atoms with Crippen LogP contribution in [0.4, 0.5) is 0 Å². The summed E-state index contributed by atoms with van der Waals surface area (Å²) in [6.45, 7) is 4.25. The molecule has 0 bridgehead atoms. The molecule has 1 saturated carbocycles. The Morgan fingerprint density at radius 3 is 2.05 bits per heavy atom.